The monoisotopic (exact) mass is 570 g/mol. The van der Waals surface area contributed by atoms with Crippen LogP contribution in [0.25, 0.3) is 10.3 Å². The minimum Gasteiger partial charge on any atom is -0.468 e. The van der Waals surface area contributed by atoms with E-state index in [-0.39, 0.29) is 11.8 Å². The second-order valence-electron chi connectivity index (χ2n) is 8.41. The molecule has 1 unspecified atom stereocenters. The number of carbonyl (C=O) groups excluding carboxylic acids is 1. The fourth-order valence-electron chi connectivity index (χ4n) is 4.13. The zero-order valence-electron chi connectivity index (χ0n) is 19.3. The molecule has 1 atom stereocenters. The highest BCUT2D eigenvalue weighted by Gasteiger charge is 2.27. The molecule has 1 saturated heterocycles. The Bertz CT molecular complexity index is 1340. The number of nitrogen functional groups attached to an aromatic ring is 1. The van der Waals surface area contributed by atoms with Crippen molar-refractivity contribution in [2.45, 2.75) is 19.1 Å². The normalized spacial score (nSPS) is 15.2. The van der Waals surface area contributed by atoms with Crippen molar-refractivity contribution in [1.29, 1.82) is 0 Å². The molecule has 8 nitrogen and oxygen atoms in total. The highest BCUT2D eigenvalue weighted by atomic mass is 79.9. The van der Waals surface area contributed by atoms with Crippen LogP contribution in [0.3, 0.4) is 0 Å². The fourth-order valence-corrected chi connectivity index (χ4v) is 5.33. The van der Waals surface area contributed by atoms with Gasteiger partial charge in [0.1, 0.15) is 17.1 Å². The van der Waals surface area contributed by atoms with E-state index in [1.165, 1.54) is 23.5 Å². The number of aromatic nitrogens is 3. The van der Waals surface area contributed by atoms with E-state index in [1.807, 2.05) is 29.2 Å². The summed E-state index contributed by atoms with van der Waals surface area (Å²) in [5, 5.41) is 0.929. The van der Waals surface area contributed by atoms with Crippen molar-refractivity contribution in [3.63, 3.8) is 0 Å². The summed E-state index contributed by atoms with van der Waals surface area (Å²) in [6, 6.07) is 13.9. The number of piperazine rings is 1. The third-order valence-electron chi connectivity index (χ3n) is 6.00. The molecule has 1 aliphatic heterocycles. The summed E-state index contributed by atoms with van der Waals surface area (Å²) in [4.78, 5) is 30.4. The van der Waals surface area contributed by atoms with Gasteiger partial charge in [0, 0.05) is 37.1 Å². The molecule has 0 spiro atoms. The molecule has 0 radical (unpaired) electrons. The summed E-state index contributed by atoms with van der Waals surface area (Å²) < 4.78 is 20.0. The highest BCUT2D eigenvalue weighted by Crippen LogP contribution is 2.30. The van der Waals surface area contributed by atoms with Crippen molar-refractivity contribution in [2.24, 2.45) is 0 Å². The average Bonchev–Trinajstić information content (AvgIpc) is 3.30. The molecule has 2 N–H and O–H groups in total. The number of hydrogen-bond acceptors (Lipinski definition) is 9. The summed E-state index contributed by atoms with van der Waals surface area (Å²) in [6.07, 6.45) is 1.63. The maximum absolute atomic E-state index is 13.2. The van der Waals surface area contributed by atoms with Gasteiger partial charge >= 0.3 is 0 Å². The molecule has 2 aromatic heterocycles. The molecule has 2 aromatic carbocycles. The van der Waals surface area contributed by atoms with Gasteiger partial charge in [0.2, 0.25) is 12.2 Å². The van der Waals surface area contributed by atoms with E-state index in [9.17, 15) is 9.18 Å². The zero-order valence-corrected chi connectivity index (χ0v) is 21.7. The minimum atomic E-state index is -0.666. The molecule has 4 aromatic rings. The number of fused-ring (bicyclic) bond motifs is 1. The van der Waals surface area contributed by atoms with Gasteiger partial charge in [-0.3, -0.25) is 9.69 Å². The Hall–Kier alpha value is -3.15. The van der Waals surface area contributed by atoms with E-state index in [0.717, 1.165) is 38.1 Å². The third kappa shape index (κ3) is 5.63. The molecule has 0 bridgehead atoms. The molecular formula is C25H24BrFN6O2S. The molecule has 0 aliphatic carbocycles. The van der Waals surface area contributed by atoms with Gasteiger partial charge < -0.3 is 15.4 Å². The number of aryl methyl sites for hydroxylation is 2. The first-order valence-electron chi connectivity index (χ1n) is 11.5. The number of nitrogens with two attached hydrogens (primary N) is 1. The first-order valence-corrected chi connectivity index (χ1v) is 13.1. The summed E-state index contributed by atoms with van der Waals surface area (Å²) in [5.41, 5.74) is 7.81. The Balaban J connectivity index is 1.27. The Morgan fingerprint density at radius 1 is 1.03 bits per heavy atom. The molecule has 5 rings (SSSR count). The minimum absolute atomic E-state index is 0.206. The van der Waals surface area contributed by atoms with E-state index >= 15 is 0 Å². The lowest BCUT2D eigenvalue weighted by molar-refractivity contribution is -0.121. The standard InChI is InChI=1S/C25H24BrFN6O2S/c26-17-4-8-19(9-5-17)35-21(15-34)32-11-13-33(14-12-32)23-22-24(31-25(28)30-23)36-20(29-22)10-3-16-1-6-18(27)7-2-16/h1-2,4-9,15,21H,3,10-14H2,(H2,28,30,31). The Morgan fingerprint density at radius 3 is 2.44 bits per heavy atom. The lowest BCUT2D eigenvalue weighted by atomic mass is 10.1. The number of rotatable bonds is 8. The number of nitrogens with zero attached hydrogens (tertiary/aromatic N) is 5. The van der Waals surface area contributed by atoms with Crippen LogP contribution >= 0.6 is 27.3 Å². The SMILES string of the molecule is Nc1nc(N2CCN(C(C=O)Oc3ccc(Br)cc3)CC2)c2nc(CCc3ccc(F)cc3)sc2n1. The maximum Gasteiger partial charge on any atom is 0.223 e. The van der Waals surface area contributed by atoms with Crippen LogP contribution < -0.4 is 15.4 Å². The molecule has 3 heterocycles. The second-order valence-corrected chi connectivity index (χ2v) is 10.4. The zero-order chi connectivity index (χ0) is 25.1. The number of carbonyl (C=O) groups is 1. The average molecular weight is 571 g/mol. The van der Waals surface area contributed by atoms with Crippen molar-refractivity contribution in [3.8, 4) is 5.75 Å². The van der Waals surface area contributed by atoms with Crippen molar-refractivity contribution in [3.05, 3.63) is 69.4 Å². The van der Waals surface area contributed by atoms with Crippen LogP contribution in [0.1, 0.15) is 10.6 Å². The quantitative estimate of drug-likeness (QED) is 0.316. The number of hydrogen-bond donors (Lipinski definition) is 1. The van der Waals surface area contributed by atoms with Gasteiger partial charge in [-0.2, -0.15) is 4.98 Å². The molecule has 0 amide bonds. The molecule has 11 heteroatoms. The van der Waals surface area contributed by atoms with Crippen molar-refractivity contribution >= 4 is 55.7 Å². The van der Waals surface area contributed by atoms with Gasteiger partial charge in [-0.05, 0) is 48.4 Å². The molecular weight excluding hydrogens is 547 g/mol. The van der Waals surface area contributed by atoms with Gasteiger partial charge in [0.05, 0.1) is 5.01 Å². The largest absolute Gasteiger partial charge is 0.468 e. The van der Waals surface area contributed by atoms with E-state index < -0.39 is 6.23 Å². The number of benzene rings is 2. The van der Waals surface area contributed by atoms with Crippen molar-refractivity contribution in [2.75, 3.05) is 36.8 Å². The van der Waals surface area contributed by atoms with Crippen molar-refractivity contribution in [1.82, 2.24) is 19.9 Å². The van der Waals surface area contributed by atoms with E-state index in [2.05, 4.69) is 30.8 Å². The Labute approximate surface area is 220 Å². The Morgan fingerprint density at radius 2 is 1.75 bits per heavy atom. The number of aldehydes is 1. The first-order chi connectivity index (χ1) is 17.5. The van der Waals surface area contributed by atoms with Crippen LogP contribution in [-0.4, -0.2) is 58.5 Å². The smallest absolute Gasteiger partial charge is 0.223 e. The number of anilines is 2. The van der Waals surface area contributed by atoms with Crippen LogP contribution in [0.2, 0.25) is 0 Å². The van der Waals surface area contributed by atoms with Gasteiger partial charge in [0.25, 0.3) is 0 Å². The van der Waals surface area contributed by atoms with E-state index in [4.69, 9.17) is 15.5 Å². The molecule has 186 valence electrons. The topological polar surface area (TPSA) is 97.5 Å². The lowest BCUT2D eigenvalue weighted by Gasteiger charge is -2.37. The summed E-state index contributed by atoms with van der Waals surface area (Å²) in [7, 11) is 0. The summed E-state index contributed by atoms with van der Waals surface area (Å²) in [6.45, 7) is 2.52. The van der Waals surface area contributed by atoms with Crippen LogP contribution in [-0.2, 0) is 17.6 Å². The molecule has 36 heavy (non-hydrogen) atoms. The number of ether oxygens (including phenoxy) is 1. The second kappa shape index (κ2) is 10.9. The van der Waals surface area contributed by atoms with Gasteiger partial charge in [-0.15, -0.1) is 0 Å². The first kappa shape index (κ1) is 24.5. The van der Waals surface area contributed by atoms with Crippen LogP contribution in [0, 0.1) is 5.82 Å². The van der Waals surface area contributed by atoms with Crippen LogP contribution in [0.5, 0.6) is 5.75 Å². The van der Waals surface area contributed by atoms with Crippen LogP contribution in [0.15, 0.2) is 53.0 Å². The molecule has 1 aliphatic rings. The molecule has 0 saturated carbocycles. The Kier molecular flexibility index (Phi) is 7.40. The fraction of sp³-hybridized carbons (Fsp3) is 0.280. The van der Waals surface area contributed by atoms with E-state index in [0.29, 0.717) is 44.2 Å². The summed E-state index contributed by atoms with van der Waals surface area (Å²) >= 11 is 4.90. The van der Waals surface area contributed by atoms with Gasteiger partial charge in [-0.1, -0.05) is 39.4 Å². The molecule has 1 fully saturated rings. The summed E-state index contributed by atoms with van der Waals surface area (Å²) in [5.74, 6) is 1.31. The van der Waals surface area contributed by atoms with Gasteiger partial charge in [0.15, 0.2) is 16.9 Å². The predicted molar refractivity (Wildman–Crippen MR) is 142 cm³/mol. The number of thiazole rings is 1. The van der Waals surface area contributed by atoms with E-state index in [1.54, 1.807) is 12.1 Å². The van der Waals surface area contributed by atoms with Crippen LogP contribution in [0.4, 0.5) is 16.2 Å². The lowest BCUT2D eigenvalue weighted by Crippen LogP contribution is -2.53. The van der Waals surface area contributed by atoms with Gasteiger partial charge in [-0.25, -0.2) is 14.4 Å². The van der Waals surface area contributed by atoms with Crippen molar-refractivity contribution < 1.29 is 13.9 Å². The highest BCUT2D eigenvalue weighted by molar-refractivity contribution is 9.10. The maximum atomic E-state index is 13.2. The number of halogens is 2. The predicted octanol–water partition coefficient (Wildman–Crippen LogP) is 4.08. The third-order valence-corrected chi connectivity index (χ3v) is 7.54.